The Kier molecular flexibility index (Phi) is 4.91. The Labute approximate surface area is 105 Å². The van der Waals surface area contributed by atoms with E-state index in [0.717, 1.165) is 18.7 Å². The van der Waals surface area contributed by atoms with E-state index < -0.39 is 5.60 Å². The van der Waals surface area contributed by atoms with Crippen molar-refractivity contribution in [3.05, 3.63) is 48.0 Å². The smallest absolute Gasteiger partial charge is 0.0718 e. The Morgan fingerprint density at radius 3 is 2.35 bits per heavy atom. The van der Waals surface area contributed by atoms with Crippen LogP contribution in [0.5, 0.6) is 0 Å². The second-order valence-electron chi connectivity index (χ2n) is 5.40. The van der Waals surface area contributed by atoms with Crippen molar-refractivity contribution >= 4 is 0 Å². The normalized spacial score (nSPS) is 11.8. The molecule has 0 saturated heterocycles. The molecule has 0 aromatic heterocycles. The molecule has 0 spiro atoms. The highest BCUT2D eigenvalue weighted by Crippen LogP contribution is 2.11. The Morgan fingerprint density at radius 2 is 1.88 bits per heavy atom. The van der Waals surface area contributed by atoms with Crippen LogP contribution in [0.4, 0.5) is 0 Å². The summed E-state index contributed by atoms with van der Waals surface area (Å²) in [6, 6.07) is 10.3. The topological polar surface area (TPSA) is 23.5 Å². The Bertz CT molecular complexity index is 351. The fraction of sp³-hybridized carbons (Fsp3) is 0.467. The minimum Gasteiger partial charge on any atom is -0.389 e. The number of hydrogen-bond acceptors (Lipinski definition) is 2. The number of aliphatic hydroxyl groups is 1. The Morgan fingerprint density at radius 1 is 1.29 bits per heavy atom. The first kappa shape index (κ1) is 13.9. The van der Waals surface area contributed by atoms with E-state index in [1.807, 2.05) is 39.0 Å². The van der Waals surface area contributed by atoms with Gasteiger partial charge < -0.3 is 5.11 Å². The Hall–Kier alpha value is -1.12. The zero-order valence-electron chi connectivity index (χ0n) is 11.1. The van der Waals surface area contributed by atoms with Crippen LogP contribution in [0.1, 0.15) is 26.3 Å². The molecule has 0 aliphatic heterocycles. The van der Waals surface area contributed by atoms with Crippen LogP contribution in [-0.4, -0.2) is 28.7 Å². The van der Waals surface area contributed by atoms with Crippen LogP contribution in [0, 0.1) is 0 Å². The molecule has 0 amide bonds. The summed E-state index contributed by atoms with van der Waals surface area (Å²) in [4.78, 5) is 2.22. The van der Waals surface area contributed by atoms with Crippen molar-refractivity contribution in [3.8, 4) is 0 Å². The van der Waals surface area contributed by atoms with Gasteiger partial charge in [0.2, 0.25) is 0 Å². The molecular formula is C15H23NO. The quantitative estimate of drug-likeness (QED) is 0.764. The summed E-state index contributed by atoms with van der Waals surface area (Å²) in [6.07, 6.45) is 0. The summed E-state index contributed by atoms with van der Waals surface area (Å²) in [5.74, 6) is 0. The van der Waals surface area contributed by atoms with Gasteiger partial charge in [-0.3, -0.25) is 4.90 Å². The molecule has 1 aromatic carbocycles. The third-order valence-electron chi connectivity index (χ3n) is 2.35. The highest BCUT2D eigenvalue weighted by Gasteiger charge is 2.18. The van der Waals surface area contributed by atoms with Gasteiger partial charge in [0, 0.05) is 19.6 Å². The van der Waals surface area contributed by atoms with Gasteiger partial charge in [-0.05, 0) is 26.3 Å². The lowest BCUT2D eigenvalue weighted by Crippen LogP contribution is -2.39. The molecule has 0 aliphatic rings. The van der Waals surface area contributed by atoms with Gasteiger partial charge in [0.1, 0.15) is 0 Å². The number of rotatable bonds is 6. The standard InChI is InChI=1S/C15H23NO/c1-13(2)10-16(12-15(3,4)17)11-14-8-6-5-7-9-14/h5-9,17H,1,10-12H2,2-4H3. The van der Waals surface area contributed by atoms with Crippen molar-refractivity contribution in [2.24, 2.45) is 0 Å². The highest BCUT2D eigenvalue weighted by atomic mass is 16.3. The predicted octanol–water partition coefficient (Wildman–Crippen LogP) is 2.84. The molecule has 2 heteroatoms. The lowest BCUT2D eigenvalue weighted by Gasteiger charge is -2.29. The summed E-state index contributed by atoms with van der Waals surface area (Å²) in [5, 5.41) is 9.91. The zero-order valence-corrected chi connectivity index (χ0v) is 11.1. The van der Waals surface area contributed by atoms with E-state index in [9.17, 15) is 5.11 Å². The molecule has 0 bridgehead atoms. The van der Waals surface area contributed by atoms with E-state index >= 15 is 0 Å². The molecule has 1 rings (SSSR count). The molecule has 2 nitrogen and oxygen atoms in total. The second kappa shape index (κ2) is 5.99. The van der Waals surface area contributed by atoms with Crippen LogP contribution in [0.2, 0.25) is 0 Å². The molecule has 94 valence electrons. The summed E-state index contributed by atoms with van der Waals surface area (Å²) in [7, 11) is 0. The van der Waals surface area contributed by atoms with E-state index in [1.165, 1.54) is 5.56 Å². The zero-order chi connectivity index (χ0) is 12.9. The van der Waals surface area contributed by atoms with E-state index in [1.54, 1.807) is 0 Å². The van der Waals surface area contributed by atoms with Crippen molar-refractivity contribution in [3.63, 3.8) is 0 Å². The third-order valence-corrected chi connectivity index (χ3v) is 2.35. The van der Waals surface area contributed by atoms with E-state index in [0.29, 0.717) is 6.54 Å². The van der Waals surface area contributed by atoms with Crippen LogP contribution >= 0.6 is 0 Å². The largest absolute Gasteiger partial charge is 0.389 e. The first-order valence-electron chi connectivity index (χ1n) is 6.00. The van der Waals surface area contributed by atoms with Gasteiger partial charge in [-0.25, -0.2) is 0 Å². The summed E-state index contributed by atoms with van der Waals surface area (Å²) < 4.78 is 0. The molecule has 0 heterocycles. The van der Waals surface area contributed by atoms with Crippen LogP contribution in [-0.2, 0) is 6.54 Å². The minimum atomic E-state index is -0.676. The van der Waals surface area contributed by atoms with Gasteiger partial charge in [-0.2, -0.15) is 0 Å². The summed E-state index contributed by atoms with van der Waals surface area (Å²) in [6.45, 7) is 11.9. The van der Waals surface area contributed by atoms with Crippen molar-refractivity contribution in [2.45, 2.75) is 32.9 Å². The van der Waals surface area contributed by atoms with Crippen molar-refractivity contribution < 1.29 is 5.11 Å². The maximum atomic E-state index is 9.91. The van der Waals surface area contributed by atoms with Gasteiger partial charge in [-0.1, -0.05) is 42.5 Å². The van der Waals surface area contributed by atoms with Gasteiger partial charge in [0.25, 0.3) is 0 Å². The monoisotopic (exact) mass is 233 g/mol. The molecule has 1 aromatic rings. The molecule has 0 fully saturated rings. The number of nitrogens with zero attached hydrogens (tertiary/aromatic N) is 1. The maximum absolute atomic E-state index is 9.91. The lowest BCUT2D eigenvalue weighted by atomic mass is 10.1. The SMILES string of the molecule is C=C(C)CN(Cc1ccccc1)CC(C)(C)O. The third kappa shape index (κ3) is 6.25. The van der Waals surface area contributed by atoms with Crippen LogP contribution in [0.25, 0.3) is 0 Å². The highest BCUT2D eigenvalue weighted by molar-refractivity contribution is 5.14. The summed E-state index contributed by atoms with van der Waals surface area (Å²) >= 11 is 0. The fourth-order valence-corrected chi connectivity index (χ4v) is 1.94. The van der Waals surface area contributed by atoms with Crippen molar-refractivity contribution in [1.29, 1.82) is 0 Å². The number of benzene rings is 1. The van der Waals surface area contributed by atoms with Gasteiger partial charge >= 0.3 is 0 Å². The molecule has 0 unspecified atom stereocenters. The Balaban J connectivity index is 2.67. The molecular weight excluding hydrogens is 210 g/mol. The van der Waals surface area contributed by atoms with E-state index in [2.05, 4.69) is 23.6 Å². The van der Waals surface area contributed by atoms with Crippen LogP contribution in [0.15, 0.2) is 42.5 Å². The molecule has 17 heavy (non-hydrogen) atoms. The van der Waals surface area contributed by atoms with Crippen LogP contribution in [0.3, 0.4) is 0 Å². The second-order valence-corrected chi connectivity index (χ2v) is 5.40. The van der Waals surface area contributed by atoms with Gasteiger partial charge in [0.05, 0.1) is 5.60 Å². The lowest BCUT2D eigenvalue weighted by molar-refractivity contribution is 0.0367. The number of hydrogen-bond donors (Lipinski definition) is 1. The van der Waals surface area contributed by atoms with Crippen LogP contribution < -0.4 is 0 Å². The van der Waals surface area contributed by atoms with Gasteiger partial charge in [0.15, 0.2) is 0 Å². The van der Waals surface area contributed by atoms with Gasteiger partial charge in [-0.15, -0.1) is 0 Å². The fourth-order valence-electron chi connectivity index (χ4n) is 1.94. The average molecular weight is 233 g/mol. The first-order chi connectivity index (χ1) is 7.87. The van der Waals surface area contributed by atoms with E-state index in [4.69, 9.17) is 0 Å². The molecule has 1 N–H and O–H groups in total. The predicted molar refractivity (Wildman–Crippen MR) is 72.8 cm³/mol. The molecule has 0 saturated carbocycles. The van der Waals surface area contributed by atoms with Crippen molar-refractivity contribution in [2.75, 3.05) is 13.1 Å². The first-order valence-corrected chi connectivity index (χ1v) is 6.00. The molecule has 0 radical (unpaired) electrons. The van der Waals surface area contributed by atoms with E-state index in [-0.39, 0.29) is 0 Å². The van der Waals surface area contributed by atoms with Crippen molar-refractivity contribution in [1.82, 2.24) is 4.90 Å². The minimum absolute atomic E-state index is 0.648. The summed E-state index contributed by atoms with van der Waals surface area (Å²) in [5.41, 5.74) is 1.70. The average Bonchev–Trinajstić information content (AvgIpc) is 2.15. The maximum Gasteiger partial charge on any atom is 0.0718 e. The molecule has 0 aliphatic carbocycles. The molecule has 0 atom stereocenters.